The van der Waals surface area contributed by atoms with Gasteiger partial charge in [-0.1, -0.05) is 13.8 Å². The second kappa shape index (κ2) is 11.7. The fraction of sp³-hybridized carbons (Fsp3) is 0.364. The first-order valence-electron chi connectivity index (χ1n) is 9.81. The highest BCUT2D eigenvalue weighted by Gasteiger charge is 2.20. The summed E-state index contributed by atoms with van der Waals surface area (Å²) in [5.74, 6) is 1.24. The molecule has 29 heavy (non-hydrogen) atoms. The van der Waals surface area contributed by atoms with Crippen LogP contribution in [0.4, 0.5) is 0 Å². The molecule has 6 N–H and O–H groups in total. The molecule has 2 aliphatic heterocycles. The van der Waals surface area contributed by atoms with Crippen molar-refractivity contribution in [3.05, 3.63) is 71.1 Å². The van der Waals surface area contributed by atoms with Crippen LogP contribution in [0.15, 0.2) is 76.1 Å². The third-order valence-electron chi connectivity index (χ3n) is 4.54. The lowest BCUT2D eigenvalue weighted by molar-refractivity contribution is 0.195. The summed E-state index contributed by atoms with van der Waals surface area (Å²) in [6, 6.07) is -0.0534. The fourth-order valence-electron chi connectivity index (χ4n) is 2.82. The van der Waals surface area contributed by atoms with E-state index in [4.69, 9.17) is 15.9 Å². The highest BCUT2D eigenvalue weighted by molar-refractivity contribution is 5.98. The fourth-order valence-corrected chi connectivity index (χ4v) is 2.82. The smallest absolute Gasteiger partial charge is 0.103 e. The van der Waals surface area contributed by atoms with Crippen molar-refractivity contribution in [2.45, 2.75) is 26.3 Å². The molecule has 0 amide bonds. The molecule has 0 aromatic heterocycles. The van der Waals surface area contributed by atoms with Crippen LogP contribution < -0.4 is 21.7 Å². The van der Waals surface area contributed by atoms with E-state index in [1.807, 2.05) is 30.6 Å². The number of nitrogens with one attached hydrogen (secondary N) is 4. The van der Waals surface area contributed by atoms with Crippen molar-refractivity contribution in [2.75, 3.05) is 20.3 Å². The molecule has 0 aromatic rings. The van der Waals surface area contributed by atoms with Gasteiger partial charge in [0.05, 0.1) is 11.7 Å². The normalized spacial score (nSPS) is 19.3. The summed E-state index contributed by atoms with van der Waals surface area (Å²) in [5.41, 5.74) is 9.34. The summed E-state index contributed by atoms with van der Waals surface area (Å²) in [6.45, 7) is 5.70. The van der Waals surface area contributed by atoms with Crippen LogP contribution in [0.25, 0.3) is 0 Å². The Bertz CT molecular complexity index is 783. The zero-order valence-corrected chi connectivity index (χ0v) is 17.4. The van der Waals surface area contributed by atoms with E-state index in [9.17, 15) is 0 Å². The molecule has 0 saturated carbocycles. The van der Waals surface area contributed by atoms with E-state index < -0.39 is 0 Å². The molecule has 7 nitrogen and oxygen atoms in total. The lowest BCUT2D eigenvalue weighted by atomic mass is 10.00. The second-order valence-corrected chi connectivity index (χ2v) is 7.02. The molecular weight excluding hydrogens is 364 g/mol. The molecule has 7 heteroatoms. The van der Waals surface area contributed by atoms with Crippen LogP contribution in [0.3, 0.4) is 0 Å². The number of hydrogen-bond acceptors (Lipinski definition) is 7. The monoisotopic (exact) mass is 396 g/mol. The standard InChI is InChI=1S/C22H32N6O/c1-16(2)17(12-23)7-9-26-22-6-5-20-21(28-22)11-18(15-27-20)19(13-24)14-25-8-4-10-29-3/h5-7,9,11-16,21,24-26,28H,4,8,10,23H2,1-3H3/b9-7+,17-12+,19-14+,24-13?. The third kappa shape index (κ3) is 6.80. The quantitative estimate of drug-likeness (QED) is 0.209. The molecule has 0 fully saturated rings. The van der Waals surface area contributed by atoms with E-state index in [0.29, 0.717) is 12.5 Å². The highest BCUT2D eigenvalue weighted by atomic mass is 16.5. The molecule has 156 valence electrons. The van der Waals surface area contributed by atoms with Crippen LogP contribution in [0.2, 0.25) is 0 Å². The number of allylic oxidation sites excluding steroid dienone is 6. The Balaban J connectivity index is 2.00. The van der Waals surface area contributed by atoms with Crippen LogP contribution in [-0.2, 0) is 4.74 Å². The van der Waals surface area contributed by atoms with Crippen molar-refractivity contribution in [2.24, 2.45) is 16.6 Å². The van der Waals surface area contributed by atoms with Gasteiger partial charge in [-0.3, -0.25) is 4.99 Å². The average molecular weight is 397 g/mol. The Kier molecular flexibility index (Phi) is 8.98. The van der Waals surface area contributed by atoms with E-state index in [1.54, 1.807) is 19.5 Å². The highest BCUT2D eigenvalue weighted by Crippen LogP contribution is 2.21. The van der Waals surface area contributed by atoms with Crippen molar-refractivity contribution in [3.63, 3.8) is 0 Å². The number of nitrogens with two attached hydrogens (primary N) is 1. The number of nitrogens with zero attached hydrogens (tertiary/aromatic N) is 1. The van der Waals surface area contributed by atoms with Gasteiger partial charge >= 0.3 is 0 Å². The van der Waals surface area contributed by atoms with Crippen LogP contribution in [-0.4, -0.2) is 38.7 Å². The molecule has 0 spiro atoms. The summed E-state index contributed by atoms with van der Waals surface area (Å²) in [4.78, 5) is 4.54. The van der Waals surface area contributed by atoms with Gasteiger partial charge in [-0.2, -0.15) is 0 Å². The molecular formula is C22H32N6O. The maximum absolute atomic E-state index is 7.72. The van der Waals surface area contributed by atoms with Gasteiger partial charge in [-0.25, -0.2) is 0 Å². The van der Waals surface area contributed by atoms with Gasteiger partial charge in [0.15, 0.2) is 0 Å². The Morgan fingerprint density at radius 2 is 2.24 bits per heavy atom. The number of fused-ring (bicyclic) bond motifs is 1. The summed E-state index contributed by atoms with van der Waals surface area (Å²) in [7, 11) is 1.69. The van der Waals surface area contributed by atoms with Crippen molar-refractivity contribution < 1.29 is 4.74 Å². The minimum atomic E-state index is -0.0534. The van der Waals surface area contributed by atoms with Gasteiger partial charge in [0.2, 0.25) is 0 Å². The molecule has 0 bridgehead atoms. The first-order chi connectivity index (χ1) is 14.1. The maximum atomic E-state index is 7.72. The van der Waals surface area contributed by atoms with Gasteiger partial charge in [0.25, 0.3) is 0 Å². The number of hydrogen-bond donors (Lipinski definition) is 5. The summed E-state index contributed by atoms with van der Waals surface area (Å²) in [5, 5.41) is 17.6. The molecule has 2 rings (SSSR count). The Morgan fingerprint density at radius 1 is 1.41 bits per heavy atom. The van der Waals surface area contributed by atoms with Crippen molar-refractivity contribution in [1.82, 2.24) is 16.0 Å². The summed E-state index contributed by atoms with van der Waals surface area (Å²) < 4.78 is 5.04. The second-order valence-electron chi connectivity index (χ2n) is 7.02. The summed E-state index contributed by atoms with van der Waals surface area (Å²) in [6.07, 6.45) is 17.4. The number of dihydropyridines is 2. The van der Waals surface area contributed by atoms with Gasteiger partial charge in [0.1, 0.15) is 5.82 Å². The Hall–Kier alpha value is -3.06. The van der Waals surface area contributed by atoms with E-state index in [0.717, 1.165) is 41.2 Å². The lowest BCUT2D eigenvalue weighted by Gasteiger charge is -2.26. The Morgan fingerprint density at radius 3 is 2.93 bits per heavy atom. The van der Waals surface area contributed by atoms with E-state index in [-0.39, 0.29) is 6.04 Å². The molecule has 2 aliphatic rings. The van der Waals surface area contributed by atoms with Gasteiger partial charge in [-0.15, -0.1) is 0 Å². The zero-order valence-electron chi connectivity index (χ0n) is 17.4. The van der Waals surface area contributed by atoms with Crippen LogP contribution in [0.5, 0.6) is 0 Å². The topological polar surface area (TPSA) is 108 Å². The minimum absolute atomic E-state index is 0.0534. The molecule has 0 radical (unpaired) electrons. The average Bonchev–Trinajstić information content (AvgIpc) is 2.73. The van der Waals surface area contributed by atoms with Crippen LogP contribution in [0.1, 0.15) is 20.3 Å². The number of aliphatic imine (C=N–C) groups is 1. The van der Waals surface area contributed by atoms with E-state index in [2.05, 4.69) is 40.9 Å². The van der Waals surface area contributed by atoms with Crippen molar-refractivity contribution >= 4 is 12.4 Å². The first kappa shape index (κ1) is 22.2. The molecule has 1 atom stereocenters. The first-order valence-corrected chi connectivity index (χ1v) is 9.81. The van der Waals surface area contributed by atoms with Crippen molar-refractivity contribution in [3.8, 4) is 0 Å². The summed E-state index contributed by atoms with van der Waals surface area (Å²) >= 11 is 0. The predicted molar refractivity (Wildman–Crippen MR) is 120 cm³/mol. The molecule has 0 saturated heterocycles. The van der Waals surface area contributed by atoms with E-state index >= 15 is 0 Å². The minimum Gasteiger partial charge on any atom is -0.404 e. The van der Waals surface area contributed by atoms with Gasteiger partial charge in [0, 0.05) is 56.2 Å². The largest absolute Gasteiger partial charge is 0.404 e. The molecule has 0 aliphatic carbocycles. The number of ether oxygens (including phenoxy) is 1. The number of rotatable bonds is 11. The number of methoxy groups -OCH3 is 1. The zero-order chi connectivity index (χ0) is 21.1. The van der Waals surface area contributed by atoms with Crippen LogP contribution in [0, 0.1) is 11.3 Å². The molecule has 0 aromatic carbocycles. The van der Waals surface area contributed by atoms with Gasteiger partial charge < -0.3 is 31.8 Å². The van der Waals surface area contributed by atoms with Crippen molar-refractivity contribution in [1.29, 1.82) is 5.41 Å². The SMILES string of the molecule is COCCCN/C=C(\C=N)C1=CC2NC(N/C=C/C(=C\N)C(C)C)=CC=C2N=C1. The predicted octanol–water partition coefficient (Wildman–Crippen LogP) is 2.46. The molecule has 1 unspecified atom stereocenters. The maximum Gasteiger partial charge on any atom is 0.103 e. The molecule has 2 heterocycles. The third-order valence-corrected chi connectivity index (χ3v) is 4.54. The Labute approximate surface area is 173 Å². The lowest BCUT2D eigenvalue weighted by Crippen LogP contribution is -2.36. The van der Waals surface area contributed by atoms with Gasteiger partial charge in [-0.05, 0) is 48.4 Å². The van der Waals surface area contributed by atoms with Crippen LogP contribution >= 0.6 is 0 Å². The van der Waals surface area contributed by atoms with E-state index in [1.165, 1.54) is 6.21 Å².